The molecule has 33 heavy (non-hydrogen) atoms. The molecule has 0 amide bonds. The van der Waals surface area contributed by atoms with Gasteiger partial charge in [-0.15, -0.1) is 0 Å². The summed E-state index contributed by atoms with van der Waals surface area (Å²) in [6, 6.07) is 0.610. The van der Waals surface area contributed by atoms with Gasteiger partial charge in [0, 0.05) is 12.6 Å². The Kier molecular flexibility index (Phi) is 8.78. The summed E-state index contributed by atoms with van der Waals surface area (Å²) in [6.07, 6.45) is 14.1. The molecule has 0 spiro atoms. The van der Waals surface area contributed by atoms with Crippen LogP contribution in [0.5, 0.6) is 0 Å². The third-order valence-corrected chi connectivity index (χ3v) is 11.0. The maximum absolute atomic E-state index is 11.6. The smallest absolute Gasteiger partial charge is 0.0577 e. The molecule has 0 saturated heterocycles. The van der Waals surface area contributed by atoms with E-state index < -0.39 is 0 Å². The Morgan fingerprint density at radius 1 is 0.909 bits per heavy atom. The van der Waals surface area contributed by atoms with Gasteiger partial charge in [0.2, 0.25) is 0 Å². The van der Waals surface area contributed by atoms with Crippen molar-refractivity contribution in [3.63, 3.8) is 0 Å². The zero-order chi connectivity index (χ0) is 23.5. The van der Waals surface area contributed by atoms with Crippen LogP contribution >= 0.6 is 0 Å². The highest BCUT2D eigenvalue weighted by atomic mass is 16.3. The summed E-state index contributed by atoms with van der Waals surface area (Å²) in [5.41, 5.74) is 6.36. The lowest BCUT2D eigenvalue weighted by atomic mass is 9.44. The number of nitrogens with two attached hydrogens (primary N) is 1. The maximum atomic E-state index is 11.6. The standard InChI is InChI=1S/C27H53N5O/c1-4-29-14-5-7-19-8-9-22-25-23(11-13-26(19,22)2)27(3)12-10-21(17-20(27)18-24(25)33)30-15-6-16-31-32-28/h19-25,29-33H,4-18,28H2,1-3H3/t19?,20?,21?,22?,23?,24?,25?,26?,27-/m0/s1. The van der Waals surface area contributed by atoms with Gasteiger partial charge in [0.25, 0.3) is 0 Å². The van der Waals surface area contributed by atoms with Crippen molar-refractivity contribution in [1.29, 1.82) is 0 Å². The molecule has 8 unspecified atom stereocenters. The largest absolute Gasteiger partial charge is 0.393 e. The Hall–Kier alpha value is -0.240. The van der Waals surface area contributed by atoms with E-state index in [9.17, 15) is 5.11 Å². The van der Waals surface area contributed by atoms with E-state index in [2.05, 4.69) is 42.4 Å². The molecular weight excluding hydrogens is 410 g/mol. The van der Waals surface area contributed by atoms with Gasteiger partial charge in [-0.25, -0.2) is 5.43 Å². The van der Waals surface area contributed by atoms with Crippen LogP contribution in [-0.4, -0.2) is 43.4 Å². The number of hydrogen-bond acceptors (Lipinski definition) is 6. The lowest BCUT2D eigenvalue weighted by Crippen LogP contribution is -2.59. The van der Waals surface area contributed by atoms with E-state index in [1.807, 2.05) is 0 Å². The van der Waals surface area contributed by atoms with Crippen LogP contribution in [0.25, 0.3) is 0 Å². The lowest BCUT2D eigenvalue weighted by molar-refractivity contribution is -0.165. The molecule has 192 valence electrons. The molecule has 0 aromatic rings. The molecule has 0 aliphatic heterocycles. The first-order valence-electron chi connectivity index (χ1n) is 14.2. The molecule has 7 N–H and O–H groups in total. The second-order valence-corrected chi connectivity index (χ2v) is 12.5. The number of aliphatic hydroxyl groups is 1. The molecule has 0 heterocycles. The SMILES string of the molecule is CCNCCCC1CCC2C3C(O)CC4CC(NCCCNNN)CC[C@]4(C)C3CCC12C. The fourth-order valence-electron chi connectivity index (χ4n) is 9.20. The first-order valence-corrected chi connectivity index (χ1v) is 14.2. The van der Waals surface area contributed by atoms with Gasteiger partial charge in [-0.1, -0.05) is 20.8 Å². The number of nitrogens with one attached hydrogen (secondary N) is 4. The second kappa shape index (κ2) is 11.2. The highest BCUT2D eigenvalue weighted by Crippen LogP contribution is 2.67. The van der Waals surface area contributed by atoms with E-state index in [1.54, 1.807) is 0 Å². The molecule has 4 saturated carbocycles. The minimum absolute atomic E-state index is 0.0863. The number of fused-ring (bicyclic) bond motifs is 5. The van der Waals surface area contributed by atoms with Crippen LogP contribution in [0.4, 0.5) is 0 Å². The summed E-state index contributed by atoms with van der Waals surface area (Å²) in [5.74, 6) is 8.83. The Labute approximate surface area is 202 Å². The Morgan fingerprint density at radius 3 is 2.48 bits per heavy atom. The van der Waals surface area contributed by atoms with Crippen molar-refractivity contribution < 1.29 is 5.11 Å². The quantitative estimate of drug-likeness (QED) is 0.160. The zero-order valence-corrected chi connectivity index (χ0v) is 21.7. The van der Waals surface area contributed by atoms with Crippen LogP contribution in [0.15, 0.2) is 0 Å². The fraction of sp³-hybridized carbons (Fsp3) is 1.00. The topological polar surface area (TPSA) is 94.4 Å². The first-order chi connectivity index (χ1) is 15.9. The van der Waals surface area contributed by atoms with Crippen LogP contribution in [-0.2, 0) is 0 Å². The van der Waals surface area contributed by atoms with Crippen LogP contribution in [0.1, 0.15) is 91.4 Å². The maximum Gasteiger partial charge on any atom is 0.0577 e. The van der Waals surface area contributed by atoms with Gasteiger partial charge < -0.3 is 15.7 Å². The Balaban J connectivity index is 1.37. The van der Waals surface area contributed by atoms with Crippen molar-refractivity contribution in [2.24, 2.45) is 46.3 Å². The Morgan fingerprint density at radius 2 is 1.70 bits per heavy atom. The van der Waals surface area contributed by atoms with E-state index in [1.165, 1.54) is 57.8 Å². The molecule has 0 aromatic carbocycles. The van der Waals surface area contributed by atoms with Crippen LogP contribution < -0.4 is 27.4 Å². The van der Waals surface area contributed by atoms with Crippen molar-refractivity contribution in [3.8, 4) is 0 Å². The van der Waals surface area contributed by atoms with Crippen molar-refractivity contribution in [2.45, 2.75) is 104 Å². The van der Waals surface area contributed by atoms with Crippen molar-refractivity contribution >= 4 is 0 Å². The predicted octanol–water partition coefficient (Wildman–Crippen LogP) is 3.32. The van der Waals surface area contributed by atoms with Crippen molar-refractivity contribution in [3.05, 3.63) is 0 Å². The average Bonchev–Trinajstić information content (AvgIpc) is 3.13. The summed E-state index contributed by atoms with van der Waals surface area (Å²) in [6.45, 7) is 11.6. The van der Waals surface area contributed by atoms with Crippen LogP contribution in [0.2, 0.25) is 0 Å². The van der Waals surface area contributed by atoms with Gasteiger partial charge in [-0.2, -0.15) is 5.53 Å². The fourth-order valence-corrected chi connectivity index (χ4v) is 9.20. The van der Waals surface area contributed by atoms with E-state index in [0.717, 1.165) is 56.8 Å². The molecule has 4 fully saturated rings. The minimum atomic E-state index is -0.0863. The molecule has 4 rings (SSSR count). The first kappa shape index (κ1) is 25.8. The van der Waals surface area contributed by atoms with E-state index in [-0.39, 0.29) is 6.10 Å². The van der Waals surface area contributed by atoms with Crippen LogP contribution in [0, 0.1) is 40.4 Å². The van der Waals surface area contributed by atoms with Gasteiger partial charge in [-0.05, 0) is 131 Å². The molecule has 6 heteroatoms. The second-order valence-electron chi connectivity index (χ2n) is 12.5. The molecule has 0 bridgehead atoms. The molecule has 4 aliphatic carbocycles. The Bertz CT molecular complexity index is 619. The minimum Gasteiger partial charge on any atom is -0.393 e. The predicted molar refractivity (Wildman–Crippen MR) is 136 cm³/mol. The van der Waals surface area contributed by atoms with Gasteiger partial charge >= 0.3 is 0 Å². The molecule has 6 nitrogen and oxygen atoms in total. The highest BCUT2D eigenvalue weighted by molar-refractivity contribution is 5.11. The van der Waals surface area contributed by atoms with Gasteiger partial charge in [0.1, 0.15) is 0 Å². The van der Waals surface area contributed by atoms with Crippen molar-refractivity contribution in [2.75, 3.05) is 26.2 Å². The summed E-state index contributed by atoms with van der Waals surface area (Å²) in [4.78, 5) is 0. The average molecular weight is 464 g/mol. The zero-order valence-electron chi connectivity index (χ0n) is 21.7. The van der Waals surface area contributed by atoms with Gasteiger partial charge in [-0.3, -0.25) is 5.84 Å². The molecule has 0 radical (unpaired) electrons. The van der Waals surface area contributed by atoms with Crippen molar-refractivity contribution in [1.82, 2.24) is 21.6 Å². The van der Waals surface area contributed by atoms with Crippen LogP contribution in [0.3, 0.4) is 0 Å². The summed E-state index contributed by atoms with van der Waals surface area (Å²) < 4.78 is 0. The molecular formula is C27H53N5O. The number of aliphatic hydroxyl groups excluding tert-OH is 1. The summed E-state index contributed by atoms with van der Waals surface area (Å²) in [5, 5.41) is 18.9. The third-order valence-electron chi connectivity index (χ3n) is 11.0. The number of rotatable bonds is 11. The number of hydrazine groups is 2. The molecule has 9 atom stereocenters. The summed E-state index contributed by atoms with van der Waals surface area (Å²) in [7, 11) is 0. The van der Waals surface area contributed by atoms with E-state index >= 15 is 0 Å². The van der Waals surface area contributed by atoms with Gasteiger partial charge in [0.05, 0.1) is 6.10 Å². The molecule has 4 aliphatic rings. The highest BCUT2D eigenvalue weighted by Gasteiger charge is 2.62. The third kappa shape index (κ3) is 5.17. The van der Waals surface area contributed by atoms with E-state index in [4.69, 9.17) is 5.84 Å². The summed E-state index contributed by atoms with van der Waals surface area (Å²) >= 11 is 0. The molecule has 0 aromatic heterocycles. The van der Waals surface area contributed by atoms with E-state index in [0.29, 0.717) is 28.7 Å². The number of hydrogen-bond donors (Lipinski definition) is 6. The lowest BCUT2D eigenvalue weighted by Gasteiger charge is -2.62. The normalized spacial score (nSPS) is 44.8. The monoisotopic (exact) mass is 463 g/mol. The van der Waals surface area contributed by atoms with Gasteiger partial charge in [0.15, 0.2) is 0 Å².